The molecule has 0 saturated heterocycles. The summed E-state index contributed by atoms with van der Waals surface area (Å²) in [5.74, 6) is 2.11. The number of imidazole rings is 1. The van der Waals surface area contributed by atoms with E-state index in [1.54, 1.807) is 34.3 Å². The minimum Gasteiger partial charge on any atom is -0.461 e. The number of nitrogens with one attached hydrogen (secondary N) is 1. The summed E-state index contributed by atoms with van der Waals surface area (Å²) < 4.78 is 18.6. The molecule has 2 aromatic heterocycles. The van der Waals surface area contributed by atoms with E-state index in [-0.39, 0.29) is 30.3 Å². The van der Waals surface area contributed by atoms with Crippen molar-refractivity contribution in [2.45, 2.75) is 25.8 Å². The zero-order valence-corrected chi connectivity index (χ0v) is 17.2. The molecule has 5 rings (SSSR count). The van der Waals surface area contributed by atoms with Crippen LogP contribution >= 0.6 is 12.4 Å². The van der Waals surface area contributed by atoms with Crippen molar-refractivity contribution in [1.82, 2.24) is 14.9 Å². The fourth-order valence-corrected chi connectivity index (χ4v) is 3.86. The van der Waals surface area contributed by atoms with E-state index in [2.05, 4.69) is 9.97 Å². The molecule has 9 heteroatoms. The first-order valence-corrected chi connectivity index (χ1v) is 9.69. The molecule has 1 atom stereocenters. The van der Waals surface area contributed by atoms with Gasteiger partial charge in [-0.25, -0.2) is 14.2 Å². The molecule has 2 aliphatic heterocycles. The number of urea groups is 1. The Morgan fingerprint density at radius 1 is 1.27 bits per heavy atom. The highest BCUT2D eigenvalue weighted by atomic mass is 35.5. The number of H-pyrrole nitrogens is 1. The molecular weight excluding hydrogens is 409 g/mol. The molecule has 0 bridgehead atoms. The lowest BCUT2D eigenvalue weighted by atomic mass is 10.1. The zero-order valence-electron chi connectivity index (χ0n) is 16.3. The number of aromatic amines is 1. The predicted molar refractivity (Wildman–Crippen MR) is 114 cm³/mol. The highest BCUT2D eigenvalue weighted by Crippen LogP contribution is 2.33. The normalized spacial score (nSPS) is 17.5. The van der Waals surface area contributed by atoms with Crippen molar-refractivity contribution in [2.24, 2.45) is 4.99 Å². The molecule has 0 spiro atoms. The minimum atomic E-state index is -0.262. The number of anilines is 1. The standard InChI is InChI=1S/C21H20FN5O2.ClH/c1-2-9-26-20-17(24-18(25-20)16-4-3-10-29-16)19-23-15(12-27(19)21(26)28)11-13-5-7-14(22)8-6-13;/h3-8,10,15H,2,9,11-12H2,1H3,(H,24,25);1H. The topological polar surface area (TPSA) is 77.7 Å². The second kappa shape index (κ2) is 7.95. The van der Waals surface area contributed by atoms with Gasteiger partial charge in [-0.1, -0.05) is 19.1 Å². The number of nitrogens with zero attached hydrogens (tertiary/aromatic N) is 4. The Hall–Kier alpha value is -3.13. The summed E-state index contributed by atoms with van der Waals surface area (Å²) >= 11 is 0. The summed E-state index contributed by atoms with van der Waals surface area (Å²) in [5.41, 5.74) is 1.71. The van der Waals surface area contributed by atoms with Gasteiger partial charge in [-0.3, -0.25) is 14.8 Å². The lowest BCUT2D eigenvalue weighted by Crippen LogP contribution is -2.50. The third kappa shape index (κ3) is 3.37. The number of halogens is 2. The smallest absolute Gasteiger partial charge is 0.331 e. The van der Waals surface area contributed by atoms with Gasteiger partial charge in [0, 0.05) is 6.54 Å². The largest absolute Gasteiger partial charge is 0.461 e. The van der Waals surface area contributed by atoms with Gasteiger partial charge in [0.1, 0.15) is 11.5 Å². The Labute approximate surface area is 179 Å². The number of hydrogen-bond donors (Lipinski definition) is 1. The first-order chi connectivity index (χ1) is 14.1. The number of carbonyl (C=O) groups excluding carboxylic acids is 1. The second-order valence-corrected chi connectivity index (χ2v) is 7.24. The molecule has 2 aliphatic rings. The summed E-state index contributed by atoms with van der Waals surface area (Å²) in [6, 6.07) is 9.82. The SMILES string of the molecule is CCCN1C(=O)N2CC(Cc3ccc(F)cc3)N=C2c2[nH]c(-c3ccco3)nc21.Cl. The molecule has 7 nitrogen and oxygen atoms in total. The number of aromatic nitrogens is 2. The Morgan fingerprint density at radius 3 is 2.77 bits per heavy atom. The van der Waals surface area contributed by atoms with Gasteiger partial charge < -0.3 is 9.40 Å². The number of furan rings is 1. The predicted octanol–water partition coefficient (Wildman–Crippen LogP) is 4.25. The first-order valence-electron chi connectivity index (χ1n) is 9.69. The van der Waals surface area contributed by atoms with Crippen LogP contribution in [0.4, 0.5) is 15.0 Å². The number of benzene rings is 1. The number of amides is 2. The number of rotatable bonds is 5. The van der Waals surface area contributed by atoms with E-state index in [0.717, 1.165) is 17.7 Å². The monoisotopic (exact) mass is 429 g/mol. The van der Waals surface area contributed by atoms with Crippen LogP contribution in [-0.4, -0.2) is 45.9 Å². The fourth-order valence-electron chi connectivity index (χ4n) is 3.86. The Bertz CT molecular complexity index is 1080. The van der Waals surface area contributed by atoms with Gasteiger partial charge in [-0.2, -0.15) is 0 Å². The lowest BCUT2D eigenvalue weighted by Gasteiger charge is -2.32. The van der Waals surface area contributed by atoms with Crippen LogP contribution in [0.15, 0.2) is 52.1 Å². The summed E-state index contributed by atoms with van der Waals surface area (Å²) in [6.45, 7) is 3.08. The maximum absolute atomic E-state index is 13.2. The highest BCUT2D eigenvalue weighted by Gasteiger charge is 2.42. The highest BCUT2D eigenvalue weighted by molar-refractivity contribution is 6.18. The molecule has 1 N–H and O–H groups in total. The van der Waals surface area contributed by atoms with Gasteiger partial charge in [0.2, 0.25) is 0 Å². The molecule has 0 saturated carbocycles. The quantitative estimate of drug-likeness (QED) is 0.658. The molecule has 4 heterocycles. The van der Waals surface area contributed by atoms with Crippen LogP contribution in [0.5, 0.6) is 0 Å². The molecule has 1 aromatic carbocycles. The number of carbonyl (C=O) groups is 1. The first kappa shape index (κ1) is 20.2. The van der Waals surface area contributed by atoms with Gasteiger partial charge >= 0.3 is 6.03 Å². The summed E-state index contributed by atoms with van der Waals surface area (Å²) in [7, 11) is 0. The number of hydrogen-bond acceptors (Lipinski definition) is 4. The van der Waals surface area contributed by atoms with Crippen LogP contribution in [0.2, 0.25) is 0 Å². The van der Waals surface area contributed by atoms with Crippen molar-refractivity contribution >= 4 is 30.1 Å². The van der Waals surface area contributed by atoms with Crippen molar-refractivity contribution in [1.29, 1.82) is 0 Å². The van der Waals surface area contributed by atoms with Crippen molar-refractivity contribution in [3.05, 3.63) is 59.7 Å². The van der Waals surface area contributed by atoms with Gasteiger partial charge in [0.15, 0.2) is 23.2 Å². The average molecular weight is 430 g/mol. The van der Waals surface area contributed by atoms with Gasteiger partial charge in [-0.05, 0) is 42.7 Å². The van der Waals surface area contributed by atoms with Crippen LogP contribution in [0.25, 0.3) is 11.6 Å². The number of amidine groups is 1. The number of fused-ring (bicyclic) bond motifs is 3. The molecule has 1 unspecified atom stereocenters. The third-order valence-corrected chi connectivity index (χ3v) is 5.17. The van der Waals surface area contributed by atoms with E-state index < -0.39 is 0 Å². The van der Waals surface area contributed by atoms with Crippen LogP contribution in [-0.2, 0) is 6.42 Å². The van der Waals surface area contributed by atoms with E-state index in [0.29, 0.717) is 42.7 Å². The van der Waals surface area contributed by atoms with Crippen molar-refractivity contribution in [2.75, 3.05) is 18.0 Å². The minimum absolute atomic E-state index is 0. The summed E-state index contributed by atoms with van der Waals surface area (Å²) in [6.07, 6.45) is 3.03. The van der Waals surface area contributed by atoms with Crippen molar-refractivity contribution in [3.63, 3.8) is 0 Å². The van der Waals surface area contributed by atoms with E-state index in [9.17, 15) is 9.18 Å². The van der Waals surface area contributed by atoms with Crippen LogP contribution in [0.3, 0.4) is 0 Å². The van der Waals surface area contributed by atoms with Crippen molar-refractivity contribution in [3.8, 4) is 11.6 Å². The molecule has 0 radical (unpaired) electrons. The van der Waals surface area contributed by atoms with Crippen LogP contribution in [0, 0.1) is 5.82 Å². The van der Waals surface area contributed by atoms with E-state index in [4.69, 9.17) is 9.41 Å². The Morgan fingerprint density at radius 2 is 2.07 bits per heavy atom. The number of aliphatic imine (C=N–C) groups is 1. The molecule has 0 aliphatic carbocycles. The fraction of sp³-hybridized carbons (Fsp3) is 0.286. The molecule has 156 valence electrons. The van der Waals surface area contributed by atoms with Crippen molar-refractivity contribution < 1.29 is 13.6 Å². The van der Waals surface area contributed by atoms with E-state index in [1.165, 1.54) is 12.1 Å². The van der Waals surface area contributed by atoms with E-state index in [1.807, 2.05) is 13.0 Å². The summed E-state index contributed by atoms with van der Waals surface area (Å²) in [4.78, 5) is 29.3. The van der Waals surface area contributed by atoms with Gasteiger partial charge in [-0.15, -0.1) is 12.4 Å². The van der Waals surface area contributed by atoms with Crippen LogP contribution in [0.1, 0.15) is 24.6 Å². The maximum atomic E-state index is 13.2. The third-order valence-electron chi connectivity index (χ3n) is 5.17. The second-order valence-electron chi connectivity index (χ2n) is 7.24. The molecule has 3 aromatic rings. The average Bonchev–Trinajstić information content (AvgIpc) is 3.45. The zero-order chi connectivity index (χ0) is 20.0. The Balaban J connectivity index is 0.00000218. The van der Waals surface area contributed by atoms with E-state index >= 15 is 0 Å². The molecule has 0 fully saturated rings. The molecule has 30 heavy (non-hydrogen) atoms. The van der Waals surface area contributed by atoms with Gasteiger partial charge in [0.05, 0.1) is 18.8 Å². The molecule has 2 amide bonds. The molecular formula is C21H21ClFN5O2. The van der Waals surface area contributed by atoms with Gasteiger partial charge in [0.25, 0.3) is 0 Å². The van der Waals surface area contributed by atoms with Crippen LogP contribution < -0.4 is 4.90 Å². The lowest BCUT2D eigenvalue weighted by molar-refractivity contribution is 0.226. The maximum Gasteiger partial charge on any atom is 0.331 e. The Kier molecular flexibility index (Phi) is 5.34. The summed E-state index contributed by atoms with van der Waals surface area (Å²) in [5, 5.41) is 0.